The van der Waals surface area contributed by atoms with Gasteiger partial charge in [-0.1, -0.05) is 0 Å². The summed E-state index contributed by atoms with van der Waals surface area (Å²) in [6.45, 7) is -0.295. The number of hydrogen-bond donors (Lipinski definition) is 3. The molecule has 0 radical (unpaired) electrons. The molecule has 0 aliphatic carbocycles. The average molecular weight is 157 g/mol. The Balaban J connectivity index is 2.71. The molecule has 4 nitrogen and oxygen atoms in total. The highest BCUT2D eigenvalue weighted by atomic mass is 16.4. The lowest BCUT2D eigenvalue weighted by Crippen LogP contribution is -2.13. The van der Waals surface area contributed by atoms with Crippen LogP contribution in [0, 0.1) is 0 Å². The van der Waals surface area contributed by atoms with Gasteiger partial charge in [-0.3, -0.25) is 0 Å². The predicted molar refractivity (Wildman–Crippen MR) is 38.6 cm³/mol. The van der Waals surface area contributed by atoms with Crippen molar-refractivity contribution in [2.24, 2.45) is 5.73 Å². The van der Waals surface area contributed by atoms with Crippen molar-refractivity contribution in [2.75, 3.05) is 6.61 Å². The normalized spacial score (nSPS) is 13.4. The van der Waals surface area contributed by atoms with Crippen molar-refractivity contribution in [3.05, 3.63) is 23.7 Å². The third kappa shape index (κ3) is 1.80. The van der Waals surface area contributed by atoms with Crippen LogP contribution in [-0.2, 0) is 6.61 Å². The van der Waals surface area contributed by atoms with E-state index in [1.807, 2.05) is 0 Å². The van der Waals surface area contributed by atoms with E-state index in [4.69, 9.17) is 20.4 Å². The molecule has 62 valence electrons. The van der Waals surface area contributed by atoms with Gasteiger partial charge in [0.2, 0.25) is 0 Å². The van der Waals surface area contributed by atoms with Crippen molar-refractivity contribution in [3.8, 4) is 0 Å². The Kier molecular flexibility index (Phi) is 2.64. The van der Waals surface area contributed by atoms with Gasteiger partial charge in [-0.2, -0.15) is 0 Å². The molecule has 0 aromatic carbocycles. The molecule has 0 aliphatic rings. The summed E-state index contributed by atoms with van der Waals surface area (Å²) in [6.07, 6.45) is 0. The molecular formula is C7H11NO3. The minimum absolute atomic E-state index is 0.141. The van der Waals surface area contributed by atoms with Gasteiger partial charge in [-0.15, -0.1) is 0 Å². The number of aliphatic hydroxyl groups excluding tert-OH is 2. The molecule has 0 bridgehead atoms. The summed E-state index contributed by atoms with van der Waals surface area (Å²) in [5.74, 6) is 0.959. The van der Waals surface area contributed by atoms with E-state index in [2.05, 4.69) is 0 Å². The molecule has 0 saturated carbocycles. The zero-order valence-electron chi connectivity index (χ0n) is 6.03. The van der Waals surface area contributed by atoms with E-state index < -0.39 is 6.04 Å². The third-order valence-corrected chi connectivity index (χ3v) is 1.40. The minimum atomic E-state index is -0.490. The van der Waals surface area contributed by atoms with Crippen molar-refractivity contribution in [1.29, 1.82) is 0 Å². The lowest BCUT2D eigenvalue weighted by atomic mass is 10.2. The van der Waals surface area contributed by atoms with E-state index >= 15 is 0 Å². The van der Waals surface area contributed by atoms with Gasteiger partial charge in [0.05, 0.1) is 12.6 Å². The van der Waals surface area contributed by atoms with Crippen LogP contribution in [0.1, 0.15) is 17.6 Å². The van der Waals surface area contributed by atoms with Crippen molar-refractivity contribution in [3.63, 3.8) is 0 Å². The summed E-state index contributed by atoms with van der Waals surface area (Å²) < 4.78 is 5.05. The van der Waals surface area contributed by atoms with E-state index in [0.717, 1.165) is 0 Å². The first-order valence-electron chi connectivity index (χ1n) is 3.34. The molecule has 4 N–H and O–H groups in total. The summed E-state index contributed by atoms with van der Waals surface area (Å²) in [5, 5.41) is 17.2. The maximum Gasteiger partial charge on any atom is 0.129 e. The maximum atomic E-state index is 8.62. The average Bonchev–Trinajstić information content (AvgIpc) is 2.50. The van der Waals surface area contributed by atoms with Gasteiger partial charge < -0.3 is 20.4 Å². The second-order valence-corrected chi connectivity index (χ2v) is 2.25. The lowest BCUT2D eigenvalue weighted by molar-refractivity contribution is 0.224. The zero-order valence-corrected chi connectivity index (χ0v) is 6.03. The summed E-state index contributed by atoms with van der Waals surface area (Å²) in [7, 11) is 0. The van der Waals surface area contributed by atoms with Gasteiger partial charge >= 0.3 is 0 Å². The highest BCUT2D eigenvalue weighted by Gasteiger charge is 2.08. The quantitative estimate of drug-likeness (QED) is 0.566. The topological polar surface area (TPSA) is 79.6 Å². The molecule has 1 atom stereocenters. The molecule has 1 aromatic rings. The number of aliphatic hydroxyl groups is 2. The monoisotopic (exact) mass is 157 g/mol. The predicted octanol–water partition coefficient (Wildman–Crippen LogP) is -0.236. The molecule has 0 amide bonds. The molecule has 1 heterocycles. The first-order chi connectivity index (χ1) is 5.27. The smallest absolute Gasteiger partial charge is 0.129 e. The molecule has 1 aromatic heterocycles. The molecule has 11 heavy (non-hydrogen) atoms. The molecule has 0 fully saturated rings. The minimum Gasteiger partial charge on any atom is -0.462 e. The first-order valence-corrected chi connectivity index (χ1v) is 3.34. The van der Waals surface area contributed by atoms with Gasteiger partial charge in [-0.25, -0.2) is 0 Å². The van der Waals surface area contributed by atoms with Crippen LogP contribution in [0.3, 0.4) is 0 Å². The fourth-order valence-corrected chi connectivity index (χ4v) is 0.769. The number of hydrogen-bond acceptors (Lipinski definition) is 4. The van der Waals surface area contributed by atoms with Crippen LogP contribution in [0.4, 0.5) is 0 Å². The van der Waals surface area contributed by atoms with E-state index in [1.165, 1.54) is 0 Å². The van der Waals surface area contributed by atoms with Gasteiger partial charge in [-0.05, 0) is 12.1 Å². The highest BCUT2D eigenvalue weighted by Crippen LogP contribution is 2.13. The van der Waals surface area contributed by atoms with E-state index in [0.29, 0.717) is 11.5 Å². The van der Waals surface area contributed by atoms with Gasteiger partial charge in [0.15, 0.2) is 0 Å². The zero-order chi connectivity index (χ0) is 8.27. The molecular weight excluding hydrogens is 146 g/mol. The Morgan fingerprint density at radius 3 is 2.64 bits per heavy atom. The summed E-state index contributed by atoms with van der Waals surface area (Å²) in [4.78, 5) is 0. The second-order valence-electron chi connectivity index (χ2n) is 2.25. The molecule has 0 spiro atoms. The van der Waals surface area contributed by atoms with Crippen LogP contribution in [0.5, 0.6) is 0 Å². The van der Waals surface area contributed by atoms with Crippen LogP contribution in [-0.4, -0.2) is 16.8 Å². The third-order valence-electron chi connectivity index (χ3n) is 1.40. The fraction of sp³-hybridized carbons (Fsp3) is 0.429. The number of rotatable bonds is 3. The molecule has 0 saturated heterocycles. The van der Waals surface area contributed by atoms with Crippen LogP contribution in [0.15, 0.2) is 16.5 Å². The highest BCUT2D eigenvalue weighted by molar-refractivity contribution is 5.09. The number of nitrogens with two attached hydrogens (primary N) is 1. The standard InChI is InChI=1S/C7H11NO3/c8-6(4-10)7-2-1-5(3-9)11-7/h1-2,6,9-10H,3-4,8H2/t6-/m1/s1. The summed E-state index contributed by atoms with van der Waals surface area (Å²) >= 11 is 0. The van der Waals surface area contributed by atoms with Crippen LogP contribution in [0.2, 0.25) is 0 Å². The van der Waals surface area contributed by atoms with E-state index in [1.54, 1.807) is 12.1 Å². The SMILES string of the molecule is N[C@H](CO)c1ccc(CO)o1. The number of furan rings is 1. The van der Waals surface area contributed by atoms with Crippen molar-refractivity contribution in [2.45, 2.75) is 12.6 Å². The first kappa shape index (κ1) is 8.26. The van der Waals surface area contributed by atoms with Crippen LogP contribution < -0.4 is 5.73 Å². The summed E-state index contributed by atoms with van der Waals surface area (Å²) in [5.41, 5.74) is 5.44. The fourth-order valence-electron chi connectivity index (χ4n) is 0.769. The van der Waals surface area contributed by atoms with E-state index in [-0.39, 0.29) is 13.2 Å². The lowest BCUT2D eigenvalue weighted by Gasteiger charge is -2.02. The van der Waals surface area contributed by atoms with E-state index in [9.17, 15) is 0 Å². The molecule has 0 aliphatic heterocycles. The molecule has 4 heteroatoms. The maximum absolute atomic E-state index is 8.62. The molecule has 0 unspecified atom stereocenters. The van der Waals surface area contributed by atoms with Crippen LogP contribution in [0.25, 0.3) is 0 Å². The second kappa shape index (κ2) is 3.52. The van der Waals surface area contributed by atoms with Crippen LogP contribution >= 0.6 is 0 Å². The Morgan fingerprint density at radius 2 is 2.18 bits per heavy atom. The summed E-state index contributed by atoms with van der Waals surface area (Å²) in [6, 6.07) is 2.78. The Hall–Kier alpha value is -0.840. The van der Waals surface area contributed by atoms with Crippen molar-refractivity contribution in [1.82, 2.24) is 0 Å². The van der Waals surface area contributed by atoms with Gasteiger partial charge in [0.1, 0.15) is 18.1 Å². The Labute approximate surface area is 64.2 Å². The van der Waals surface area contributed by atoms with Gasteiger partial charge in [0, 0.05) is 0 Å². The molecule has 1 rings (SSSR count). The largest absolute Gasteiger partial charge is 0.462 e. The van der Waals surface area contributed by atoms with Crippen molar-refractivity contribution < 1.29 is 14.6 Å². The Bertz CT molecular complexity index is 221. The van der Waals surface area contributed by atoms with Gasteiger partial charge in [0.25, 0.3) is 0 Å². The van der Waals surface area contributed by atoms with Crippen molar-refractivity contribution >= 4 is 0 Å². The Morgan fingerprint density at radius 1 is 1.45 bits per heavy atom.